The van der Waals surface area contributed by atoms with E-state index < -0.39 is 0 Å². The van der Waals surface area contributed by atoms with Crippen LogP contribution in [0.5, 0.6) is 0 Å². The average Bonchev–Trinajstić information content (AvgIpc) is 2.66. The molecule has 4 nitrogen and oxygen atoms in total. The summed E-state index contributed by atoms with van der Waals surface area (Å²) in [4.78, 5) is 4.44. The van der Waals surface area contributed by atoms with Gasteiger partial charge in [-0.05, 0) is 25.3 Å². The normalized spacial score (nSPS) is 11.0. The quantitative estimate of drug-likeness (QED) is 0.709. The standard InChI is InChI=1S/C14H14N4/c1-9-13(15)10(2)18(17-9)14-12-6-4-3-5-11(12)7-8-16-14/h3-8H,15H2,1-2H3. The summed E-state index contributed by atoms with van der Waals surface area (Å²) in [5, 5.41) is 6.68. The summed E-state index contributed by atoms with van der Waals surface area (Å²) in [6.07, 6.45) is 1.80. The molecule has 3 aromatic rings. The highest BCUT2D eigenvalue weighted by atomic mass is 15.3. The molecule has 0 fully saturated rings. The zero-order valence-corrected chi connectivity index (χ0v) is 10.4. The van der Waals surface area contributed by atoms with Gasteiger partial charge in [0.05, 0.1) is 17.1 Å². The van der Waals surface area contributed by atoms with Gasteiger partial charge in [0.15, 0.2) is 5.82 Å². The van der Waals surface area contributed by atoms with Gasteiger partial charge in [-0.1, -0.05) is 24.3 Å². The minimum Gasteiger partial charge on any atom is -0.396 e. The van der Waals surface area contributed by atoms with Crippen LogP contribution < -0.4 is 5.73 Å². The lowest BCUT2D eigenvalue weighted by Crippen LogP contribution is -2.03. The second kappa shape index (κ2) is 3.84. The molecule has 4 heteroatoms. The lowest BCUT2D eigenvalue weighted by molar-refractivity contribution is 0.814. The van der Waals surface area contributed by atoms with Gasteiger partial charge in [0, 0.05) is 11.6 Å². The minimum atomic E-state index is 0.727. The molecule has 3 rings (SSSR count). The van der Waals surface area contributed by atoms with Crippen molar-refractivity contribution < 1.29 is 0 Å². The first-order chi connectivity index (χ1) is 8.68. The van der Waals surface area contributed by atoms with Crippen molar-refractivity contribution >= 4 is 16.5 Å². The number of fused-ring (bicyclic) bond motifs is 1. The van der Waals surface area contributed by atoms with Crippen LogP contribution in [0.4, 0.5) is 5.69 Å². The summed E-state index contributed by atoms with van der Waals surface area (Å²) in [6.45, 7) is 3.86. The maximum Gasteiger partial charge on any atom is 0.161 e. The Kier molecular flexibility index (Phi) is 2.30. The smallest absolute Gasteiger partial charge is 0.161 e. The van der Waals surface area contributed by atoms with Gasteiger partial charge < -0.3 is 5.73 Å². The van der Waals surface area contributed by atoms with Gasteiger partial charge >= 0.3 is 0 Å². The van der Waals surface area contributed by atoms with Crippen LogP contribution in [0.3, 0.4) is 0 Å². The summed E-state index contributed by atoms with van der Waals surface area (Å²) >= 11 is 0. The molecule has 0 bridgehead atoms. The molecule has 2 N–H and O–H groups in total. The highest BCUT2D eigenvalue weighted by molar-refractivity contribution is 5.88. The Labute approximate surface area is 105 Å². The summed E-state index contributed by atoms with van der Waals surface area (Å²) in [5.41, 5.74) is 8.46. The van der Waals surface area contributed by atoms with Crippen LogP contribution in [0.2, 0.25) is 0 Å². The number of nitrogens with two attached hydrogens (primary N) is 1. The Bertz CT molecular complexity index is 722. The van der Waals surface area contributed by atoms with Crippen molar-refractivity contribution in [2.75, 3.05) is 5.73 Å². The molecule has 0 amide bonds. The second-order valence-corrected chi connectivity index (χ2v) is 4.35. The van der Waals surface area contributed by atoms with Crippen LogP contribution in [0, 0.1) is 13.8 Å². The molecule has 2 heterocycles. The van der Waals surface area contributed by atoms with E-state index in [0.717, 1.165) is 33.7 Å². The van der Waals surface area contributed by atoms with Crippen molar-refractivity contribution in [3.8, 4) is 5.82 Å². The van der Waals surface area contributed by atoms with E-state index in [0.29, 0.717) is 0 Å². The molecule has 0 saturated carbocycles. The molecule has 2 aromatic heterocycles. The van der Waals surface area contributed by atoms with Gasteiger partial charge in [-0.15, -0.1) is 0 Å². The van der Waals surface area contributed by atoms with Gasteiger partial charge in [0.1, 0.15) is 0 Å². The van der Waals surface area contributed by atoms with E-state index in [9.17, 15) is 0 Å². The molecule has 0 aliphatic rings. The Morgan fingerprint density at radius 1 is 1.11 bits per heavy atom. The Balaban J connectivity index is 2.35. The van der Waals surface area contributed by atoms with Crippen molar-refractivity contribution in [1.29, 1.82) is 0 Å². The van der Waals surface area contributed by atoms with Crippen molar-refractivity contribution in [3.63, 3.8) is 0 Å². The fraction of sp³-hybridized carbons (Fsp3) is 0.143. The first-order valence-electron chi connectivity index (χ1n) is 5.84. The zero-order chi connectivity index (χ0) is 12.7. The zero-order valence-electron chi connectivity index (χ0n) is 10.4. The van der Waals surface area contributed by atoms with Crippen LogP contribution in [-0.2, 0) is 0 Å². The molecule has 0 atom stereocenters. The maximum atomic E-state index is 5.97. The van der Waals surface area contributed by atoms with Crippen LogP contribution in [0.15, 0.2) is 36.5 Å². The maximum absolute atomic E-state index is 5.97. The molecular formula is C14H14N4. The van der Waals surface area contributed by atoms with E-state index >= 15 is 0 Å². The molecule has 0 aliphatic carbocycles. The fourth-order valence-corrected chi connectivity index (χ4v) is 2.13. The van der Waals surface area contributed by atoms with Gasteiger partial charge in [-0.25, -0.2) is 9.67 Å². The lowest BCUT2D eigenvalue weighted by atomic mass is 10.1. The Morgan fingerprint density at radius 2 is 1.89 bits per heavy atom. The first kappa shape index (κ1) is 10.8. The molecule has 1 aromatic carbocycles. The average molecular weight is 238 g/mol. The number of aromatic nitrogens is 3. The highest BCUT2D eigenvalue weighted by Crippen LogP contribution is 2.23. The van der Waals surface area contributed by atoms with Crippen molar-refractivity contribution in [3.05, 3.63) is 47.9 Å². The molecule has 0 saturated heterocycles. The van der Waals surface area contributed by atoms with E-state index in [1.54, 1.807) is 6.20 Å². The highest BCUT2D eigenvalue weighted by Gasteiger charge is 2.12. The number of anilines is 1. The number of aryl methyl sites for hydroxylation is 1. The summed E-state index contributed by atoms with van der Waals surface area (Å²) in [6, 6.07) is 10.1. The third-order valence-electron chi connectivity index (χ3n) is 3.20. The van der Waals surface area contributed by atoms with E-state index in [1.807, 2.05) is 42.8 Å². The summed E-state index contributed by atoms with van der Waals surface area (Å²) in [7, 11) is 0. The van der Waals surface area contributed by atoms with Gasteiger partial charge in [-0.3, -0.25) is 0 Å². The molecule has 0 radical (unpaired) electrons. The molecule has 18 heavy (non-hydrogen) atoms. The SMILES string of the molecule is Cc1nn(-c2nccc3ccccc23)c(C)c1N. The van der Waals surface area contributed by atoms with Crippen LogP contribution in [0.25, 0.3) is 16.6 Å². The van der Waals surface area contributed by atoms with E-state index in [2.05, 4.69) is 16.1 Å². The Hall–Kier alpha value is -2.36. The van der Waals surface area contributed by atoms with Crippen molar-refractivity contribution in [1.82, 2.24) is 14.8 Å². The molecule has 90 valence electrons. The number of hydrogen-bond donors (Lipinski definition) is 1. The molecular weight excluding hydrogens is 224 g/mol. The van der Waals surface area contributed by atoms with Crippen molar-refractivity contribution in [2.24, 2.45) is 0 Å². The molecule has 0 unspecified atom stereocenters. The van der Waals surface area contributed by atoms with E-state index in [4.69, 9.17) is 5.73 Å². The van der Waals surface area contributed by atoms with Gasteiger partial charge in [0.25, 0.3) is 0 Å². The molecule has 0 aliphatic heterocycles. The lowest BCUT2D eigenvalue weighted by Gasteiger charge is -2.07. The Morgan fingerprint density at radius 3 is 2.61 bits per heavy atom. The largest absolute Gasteiger partial charge is 0.396 e. The number of nitrogen functional groups attached to an aromatic ring is 1. The number of pyridine rings is 1. The number of nitrogens with zero attached hydrogens (tertiary/aromatic N) is 3. The van der Waals surface area contributed by atoms with Crippen molar-refractivity contribution in [2.45, 2.75) is 13.8 Å². The minimum absolute atomic E-state index is 0.727. The summed E-state index contributed by atoms with van der Waals surface area (Å²) < 4.78 is 1.81. The summed E-state index contributed by atoms with van der Waals surface area (Å²) in [5.74, 6) is 0.824. The van der Waals surface area contributed by atoms with Crippen LogP contribution in [0.1, 0.15) is 11.4 Å². The van der Waals surface area contributed by atoms with Gasteiger partial charge in [0.2, 0.25) is 0 Å². The number of benzene rings is 1. The van der Waals surface area contributed by atoms with E-state index in [1.165, 1.54) is 0 Å². The molecule has 0 spiro atoms. The van der Waals surface area contributed by atoms with Gasteiger partial charge in [-0.2, -0.15) is 5.10 Å². The third-order valence-corrected chi connectivity index (χ3v) is 3.20. The number of hydrogen-bond acceptors (Lipinski definition) is 3. The fourth-order valence-electron chi connectivity index (χ4n) is 2.13. The first-order valence-corrected chi connectivity index (χ1v) is 5.84. The van der Waals surface area contributed by atoms with Crippen LogP contribution >= 0.6 is 0 Å². The van der Waals surface area contributed by atoms with Crippen LogP contribution in [-0.4, -0.2) is 14.8 Å². The topological polar surface area (TPSA) is 56.7 Å². The third kappa shape index (κ3) is 1.46. The number of rotatable bonds is 1. The second-order valence-electron chi connectivity index (χ2n) is 4.35. The predicted octanol–water partition coefficient (Wildman–Crippen LogP) is 2.62. The monoisotopic (exact) mass is 238 g/mol. The predicted molar refractivity (Wildman–Crippen MR) is 72.8 cm³/mol. The van der Waals surface area contributed by atoms with E-state index in [-0.39, 0.29) is 0 Å².